The van der Waals surface area contributed by atoms with Gasteiger partial charge < -0.3 is 24.8 Å². The Labute approximate surface area is 179 Å². The number of carbonyl (C=O) groups excluding carboxylic acids is 2. The highest BCUT2D eigenvalue weighted by molar-refractivity contribution is 7.80. The number of hydrogen-bond acceptors (Lipinski definition) is 7. The van der Waals surface area contributed by atoms with Crippen LogP contribution in [0.15, 0.2) is 18.2 Å². The van der Waals surface area contributed by atoms with Crippen molar-refractivity contribution in [2.45, 2.75) is 27.7 Å². The second-order valence-electron chi connectivity index (χ2n) is 5.96. The van der Waals surface area contributed by atoms with Gasteiger partial charge in [-0.2, -0.15) is 0 Å². The fourth-order valence-corrected chi connectivity index (χ4v) is 3.97. The van der Waals surface area contributed by atoms with Gasteiger partial charge in [-0.25, -0.2) is 9.59 Å². The van der Waals surface area contributed by atoms with Crippen LogP contribution in [0.25, 0.3) is 0 Å². The molecular formula is C20H24N2O5S2. The number of thiocarbonyl (C=S) groups is 1. The smallest absolute Gasteiger partial charge is 0.348 e. The van der Waals surface area contributed by atoms with E-state index in [1.54, 1.807) is 27.9 Å². The highest BCUT2D eigenvalue weighted by atomic mass is 32.1. The van der Waals surface area contributed by atoms with Crippen LogP contribution in [-0.2, 0) is 9.47 Å². The summed E-state index contributed by atoms with van der Waals surface area (Å²) in [4.78, 5) is 25.0. The molecule has 9 heteroatoms. The maximum Gasteiger partial charge on any atom is 0.348 e. The molecule has 2 aromatic rings. The molecule has 156 valence electrons. The van der Waals surface area contributed by atoms with Crippen LogP contribution in [0.2, 0.25) is 0 Å². The second-order valence-corrected chi connectivity index (χ2v) is 7.39. The minimum absolute atomic E-state index is 0.218. The van der Waals surface area contributed by atoms with E-state index in [9.17, 15) is 9.59 Å². The first kappa shape index (κ1) is 22.6. The number of aryl methyl sites for hydroxylation is 1. The summed E-state index contributed by atoms with van der Waals surface area (Å²) in [7, 11) is 1.60. The molecule has 0 aliphatic rings. The van der Waals surface area contributed by atoms with Crippen LogP contribution < -0.4 is 15.4 Å². The maximum absolute atomic E-state index is 12.5. The molecule has 1 aromatic heterocycles. The summed E-state index contributed by atoms with van der Waals surface area (Å²) in [6.07, 6.45) is 0. The molecule has 0 saturated heterocycles. The van der Waals surface area contributed by atoms with E-state index in [2.05, 4.69) is 10.6 Å². The fourth-order valence-electron chi connectivity index (χ4n) is 2.60. The number of thiophene rings is 1. The van der Waals surface area contributed by atoms with Crippen molar-refractivity contribution in [2.75, 3.05) is 31.0 Å². The van der Waals surface area contributed by atoms with E-state index in [0.29, 0.717) is 15.4 Å². The quantitative estimate of drug-likeness (QED) is 0.483. The molecule has 1 heterocycles. The van der Waals surface area contributed by atoms with Crippen molar-refractivity contribution >= 4 is 51.3 Å². The molecule has 0 bridgehead atoms. The Morgan fingerprint density at radius 1 is 1.07 bits per heavy atom. The standard InChI is InChI=1S/C20H24N2O5S2/c1-6-26-18(23)15-12(4)16(19(24)27-7-2)29-17(15)22-20(28)21-14-9-8-13(25-5)10-11(14)3/h8-10H,6-7H2,1-5H3,(H2,21,22,28). The Kier molecular flexibility index (Phi) is 7.98. The van der Waals surface area contributed by atoms with E-state index < -0.39 is 11.9 Å². The average Bonchev–Trinajstić information content (AvgIpc) is 2.99. The summed E-state index contributed by atoms with van der Waals surface area (Å²) in [6.45, 7) is 7.51. The van der Waals surface area contributed by atoms with Gasteiger partial charge in [0.05, 0.1) is 25.9 Å². The zero-order chi connectivity index (χ0) is 21.6. The zero-order valence-corrected chi connectivity index (χ0v) is 18.6. The first-order valence-corrected chi connectivity index (χ1v) is 10.2. The van der Waals surface area contributed by atoms with Crippen molar-refractivity contribution in [3.8, 4) is 5.75 Å². The van der Waals surface area contributed by atoms with Crippen LogP contribution in [0.5, 0.6) is 5.75 Å². The fraction of sp³-hybridized carbons (Fsp3) is 0.350. The van der Waals surface area contributed by atoms with E-state index in [0.717, 1.165) is 28.3 Å². The lowest BCUT2D eigenvalue weighted by Gasteiger charge is -2.13. The van der Waals surface area contributed by atoms with Crippen molar-refractivity contribution in [3.05, 3.63) is 39.8 Å². The molecule has 1 aromatic carbocycles. The van der Waals surface area contributed by atoms with Crippen molar-refractivity contribution in [2.24, 2.45) is 0 Å². The molecular weight excluding hydrogens is 412 g/mol. The highest BCUT2D eigenvalue weighted by Crippen LogP contribution is 2.34. The van der Waals surface area contributed by atoms with Crippen molar-refractivity contribution < 1.29 is 23.8 Å². The van der Waals surface area contributed by atoms with Gasteiger partial charge in [0, 0.05) is 5.69 Å². The van der Waals surface area contributed by atoms with E-state index in [-0.39, 0.29) is 23.9 Å². The third-order valence-electron chi connectivity index (χ3n) is 4.00. The van der Waals surface area contributed by atoms with Gasteiger partial charge in [-0.05, 0) is 69.2 Å². The van der Waals surface area contributed by atoms with E-state index >= 15 is 0 Å². The molecule has 0 amide bonds. The lowest BCUT2D eigenvalue weighted by atomic mass is 10.1. The number of anilines is 2. The van der Waals surface area contributed by atoms with Crippen LogP contribution in [0.4, 0.5) is 10.7 Å². The molecule has 0 spiro atoms. The van der Waals surface area contributed by atoms with Crippen LogP contribution in [0.1, 0.15) is 45.0 Å². The summed E-state index contributed by atoms with van der Waals surface area (Å²) >= 11 is 6.51. The summed E-state index contributed by atoms with van der Waals surface area (Å²) < 4.78 is 15.4. The first-order chi connectivity index (χ1) is 13.8. The topological polar surface area (TPSA) is 85.9 Å². The monoisotopic (exact) mass is 436 g/mol. The minimum Gasteiger partial charge on any atom is -0.497 e. The average molecular weight is 437 g/mol. The molecule has 2 N–H and O–H groups in total. The van der Waals surface area contributed by atoms with Crippen LogP contribution in [0, 0.1) is 13.8 Å². The Hall–Kier alpha value is -2.65. The number of esters is 2. The lowest BCUT2D eigenvalue weighted by Crippen LogP contribution is -2.20. The Morgan fingerprint density at radius 2 is 1.72 bits per heavy atom. The van der Waals surface area contributed by atoms with Gasteiger partial charge in [0.1, 0.15) is 15.6 Å². The Morgan fingerprint density at radius 3 is 2.31 bits per heavy atom. The SMILES string of the molecule is CCOC(=O)c1sc(NC(=S)Nc2ccc(OC)cc2C)c(C(=O)OCC)c1C. The summed E-state index contributed by atoms with van der Waals surface area (Å²) in [5.74, 6) is -0.273. The van der Waals surface area contributed by atoms with Crippen LogP contribution >= 0.6 is 23.6 Å². The predicted octanol–water partition coefficient (Wildman–Crippen LogP) is 4.54. The third-order valence-corrected chi connectivity index (χ3v) is 5.39. The first-order valence-electron chi connectivity index (χ1n) is 9.02. The number of carbonyl (C=O) groups is 2. The normalized spacial score (nSPS) is 10.2. The van der Waals surface area contributed by atoms with Gasteiger partial charge in [-0.1, -0.05) is 0 Å². The predicted molar refractivity (Wildman–Crippen MR) is 119 cm³/mol. The van der Waals surface area contributed by atoms with Crippen molar-refractivity contribution in [1.29, 1.82) is 0 Å². The largest absolute Gasteiger partial charge is 0.497 e. The highest BCUT2D eigenvalue weighted by Gasteiger charge is 2.26. The summed E-state index contributed by atoms with van der Waals surface area (Å²) in [6, 6.07) is 5.54. The van der Waals surface area contributed by atoms with E-state index in [1.807, 2.05) is 25.1 Å². The van der Waals surface area contributed by atoms with E-state index in [1.165, 1.54) is 0 Å². The van der Waals surface area contributed by atoms with Gasteiger partial charge in [-0.3, -0.25) is 0 Å². The third kappa shape index (κ3) is 5.45. The van der Waals surface area contributed by atoms with Crippen LogP contribution in [-0.4, -0.2) is 37.4 Å². The lowest BCUT2D eigenvalue weighted by molar-refractivity contribution is 0.0527. The summed E-state index contributed by atoms with van der Waals surface area (Å²) in [5.41, 5.74) is 2.50. The molecule has 0 aliphatic carbocycles. The molecule has 2 rings (SSSR count). The zero-order valence-electron chi connectivity index (χ0n) is 17.0. The Balaban J connectivity index is 2.30. The molecule has 0 saturated carbocycles. The number of hydrogen-bond donors (Lipinski definition) is 2. The molecule has 0 atom stereocenters. The number of methoxy groups -OCH3 is 1. The van der Waals surface area contributed by atoms with Gasteiger partial charge in [-0.15, -0.1) is 11.3 Å². The second kappa shape index (κ2) is 10.2. The molecule has 29 heavy (non-hydrogen) atoms. The van der Waals surface area contributed by atoms with Crippen molar-refractivity contribution in [3.63, 3.8) is 0 Å². The molecule has 0 unspecified atom stereocenters. The minimum atomic E-state index is -0.525. The molecule has 0 fully saturated rings. The number of rotatable bonds is 7. The molecule has 0 aliphatic heterocycles. The number of nitrogens with one attached hydrogen (secondary N) is 2. The number of ether oxygens (including phenoxy) is 3. The van der Waals surface area contributed by atoms with E-state index in [4.69, 9.17) is 26.4 Å². The van der Waals surface area contributed by atoms with Crippen molar-refractivity contribution in [1.82, 2.24) is 0 Å². The molecule has 0 radical (unpaired) electrons. The Bertz CT molecular complexity index is 924. The summed E-state index contributed by atoms with van der Waals surface area (Å²) in [5, 5.41) is 6.81. The number of benzene rings is 1. The molecule has 7 nitrogen and oxygen atoms in total. The van der Waals surface area contributed by atoms with Gasteiger partial charge in [0.2, 0.25) is 0 Å². The maximum atomic E-state index is 12.5. The van der Waals surface area contributed by atoms with Gasteiger partial charge in [0.25, 0.3) is 0 Å². The van der Waals surface area contributed by atoms with Gasteiger partial charge in [0.15, 0.2) is 5.11 Å². The van der Waals surface area contributed by atoms with Gasteiger partial charge >= 0.3 is 11.9 Å². The van der Waals surface area contributed by atoms with Crippen LogP contribution in [0.3, 0.4) is 0 Å².